The number of hydrogen-bond acceptors (Lipinski definition) is 6. The van der Waals surface area contributed by atoms with Crippen LogP contribution in [0.5, 0.6) is 5.75 Å². The average Bonchev–Trinajstić information content (AvgIpc) is 3.24. The van der Waals surface area contributed by atoms with Crippen LogP contribution in [0, 0.1) is 5.92 Å². The molecule has 168 valence electrons. The third kappa shape index (κ3) is 5.20. The van der Waals surface area contributed by atoms with Crippen LogP contribution in [0.1, 0.15) is 23.2 Å². The van der Waals surface area contributed by atoms with Gasteiger partial charge in [-0.3, -0.25) is 9.59 Å². The predicted molar refractivity (Wildman–Crippen MR) is 120 cm³/mol. The molecule has 2 aromatic rings. The van der Waals surface area contributed by atoms with Crippen molar-refractivity contribution in [3.8, 4) is 5.75 Å². The molecule has 1 aromatic carbocycles. The fraction of sp³-hybridized carbons (Fsp3) is 0.400. The minimum Gasteiger partial charge on any atom is -0.495 e. The van der Waals surface area contributed by atoms with Crippen LogP contribution >= 0.6 is 22.9 Å². The fourth-order valence-electron chi connectivity index (χ4n) is 3.32. The second-order valence-corrected chi connectivity index (χ2v) is 10.9. The third-order valence-electron chi connectivity index (χ3n) is 5.07. The zero-order valence-electron chi connectivity index (χ0n) is 17.4. The molecule has 0 saturated carbocycles. The van der Waals surface area contributed by atoms with Gasteiger partial charge in [0.25, 0.3) is 15.9 Å². The van der Waals surface area contributed by atoms with Crippen LogP contribution in [0.4, 0.5) is 5.69 Å². The molecule has 0 aliphatic carbocycles. The van der Waals surface area contributed by atoms with E-state index < -0.39 is 10.0 Å². The first-order valence-corrected chi connectivity index (χ1v) is 12.3. The number of nitrogens with one attached hydrogen (secondary N) is 1. The number of nitrogens with zero attached hydrogens (tertiary/aromatic N) is 2. The summed E-state index contributed by atoms with van der Waals surface area (Å²) in [4.78, 5) is 26.2. The first-order valence-electron chi connectivity index (χ1n) is 9.58. The molecule has 1 N–H and O–H groups in total. The van der Waals surface area contributed by atoms with Crippen molar-refractivity contribution in [3.63, 3.8) is 0 Å². The van der Waals surface area contributed by atoms with Crippen LogP contribution in [0.3, 0.4) is 0 Å². The molecule has 8 nitrogen and oxygen atoms in total. The zero-order valence-corrected chi connectivity index (χ0v) is 19.8. The van der Waals surface area contributed by atoms with E-state index in [1.54, 1.807) is 37.7 Å². The van der Waals surface area contributed by atoms with Crippen molar-refractivity contribution in [2.75, 3.05) is 39.6 Å². The molecule has 1 fully saturated rings. The Morgan fingerprint density at radius 2 is 1.90 bits per heavy atom. The van der Waals surface area contributed by atoms with Gasteiger partial charge in [0.05, 0.1) is 18.4 Å². The summed E-state index contributed by atoms with van der Waals surface area (Å²) in [5.74, 6) is -0.278. The number of rotatable bonds is 6. The summed E-state index contributed by atoms with van der Waals surface area (Å²) >= 11 is 7.03. The zero-order chi connectivity index (χ0) is 22.8. The maximum absolute atomic E-state index is 13.0. The first kappa shape index (κ1) is 23.5. The number of benzene rings is 1. The number of sulfonamides is 1. The smallest absolute Gasteiger partial charge is 0.254 e. The molecule has 31 heavy (non-hydrogen) atoms. The van der Waals surface area contributed by atoms with Crippen molar-refractivity contribution in [1.82, 2.24) is 9.21 Å². The highest BCUT2D eigenvalue weighted by Gasteiger charge is 2.33. The molecular weight excluding hydrogens is 462 g/mol. The number of thiophene rings is 1. The van der Waals surface area contributed by atoms with Gasteiger partial charge >= 0.3 is 0 Å². The van der Waals surface area contributed by atoms with Gasteiger partial charge in [-0.15, -0.1) is 11.3 Å². The molecule has 0 radical (unpaired) electrons. The number of methoxy groups -OCH3 is 1. The Kier molecular flexibility index (Phi) is 7.25. The molecule has 0 unspecified atom stereocenters. The Morgan fingerprint density at radius 3 is 2.52 bits per heavy atom. The Morgan fingerprint density at radius 1 is 1.23 bits per heavy atom. The van der Waals surface area contributed by atoms with Gasteiger partial charge in [0.2, 0.25) is 5.91 Å². The van der Waals surface area contributed by atoms with Gasteiger partial charge in [-0.05, 0) is 37.1 Å². The fourth-order valence-corrected chi connectivity index (χ4v) is 6.27. The van der Waals surface area contributed by atoms with Crippen molar-refractivity contribution in [2.45, 2.75) is 17.1 Å². The van der Waals surface area contributed by atoms with E-state index in [4.69, 9.17) is 16.3 Å². The molecule has 2 amide bonds. The summed E-state index contributed by atoms with van der Waals surface area (Å²) < 4.78 is 32.7. The number of hydrogen-bond donors (Lipinski definition) is 1. The van der Waals surface area contributed by atoms with Crippen molar-refractivity contribution >= 4 is 50.5 Å². The number of anilines is 1. The lowest BCUT2D eigenvalue weighted by molar-refractivity contribution is -0.120. The molecule has 1 aliphatic heterocycles. The van der Waals surface area contributed by atoms with Gasteiger partial charge in [-0.1, -0.05) is 11.6 Å². The van der Waals surface area contributed by atoms with E-state index in [0.717, 1.165) is 11.3 Å². The van der Waals surface area contributed by atoms with Gasteiger partial charge in [0.1, 0.15) is 9.96 Å². The second kappa shape index (κ2) is 9.56. The minimum absolute atomic E-state index is 0.129. The van der Waals surface area contributed by atoms with Crippen LogP contribution in [0.2, 0.25) is 5.02 Å². The Labute approximate surface area is 190 Å². The van der Waals surface area contributed by atoms with Gasteiger partial charge in [0.15, 0.2) is 0 Å². The van der Waals surface area contributed by atoms with E-state index in [9.17, 15) is 18.0 Å². The molecule has 0 atom stereocenters. The van der Waals surface area contributed by atoms with Crippen LogP contribution in [-0.4, -0.2) is 63.7 Å². The quantitative estimate of drug-likeness (QED) is 0.678. The molecule has 0 bridgehead atoms. The van der Waals surface area contributed by atoms with Crippen molar-refractivity contribution in [2.24, 2.45) is 5.92 Å². The predicted octanol–water partition coefficient (Wildman–Crippen LogP) is 3.15. The maximum atomic E-state index is 13.0. The molecule has 11 heteroatoms. The summed E-state index contributed by atoms with van der Waals surface area (Å²) in [6.07, 6.45) is 0.783. The molecule has 2 heterocycles. The number of carbonyl (C=O) groups is 2. The average molecular weight is 486 g/mol. The van der Waals surface area contributed by atoms with E-state index in [1.165, 1.54) is 22.4 Å². The maximum Gasteiger partial charge on any atom is 0.254 e. The van der Waals surface area contributed by atoms with E-state index in [2.05, 4.69) is 5.32 Å². The van der Waals surface area contributed by atoms with E-state index in [1.807, 2.05) is 0 Å². The van der Waals surface area contributed by atoms with Crippen LogP contribution in [0.15, 0.2) is 33.9 Å². The van der Waals surface area contributed by atoms with Gasteiger partial charge in [-0.25, -0.2) is 8.42 Å². The SMILES string of the molecule is COc1ccc(Cl)cc1NC(=O)C1CCN(S(=O)(=O)c2cc(C(=O)N(C)C)cs2)CC1. The number of ether oxygens (including phenoxy) is 1. The topological polar surface area (TPSA) is 96.0 Å². The molecular formula is C20H24ClN3O5S2. The molecule has 1 aromatic heterocycles. The monoisotopic (exact) mass is 485 g/mol. The summed E-state index contributed by atoms with van der Waals surface area (Å²) in [6, 6.07) is 6.36. The highest BCUT2D eigenvalue weighted by Crippen LogP contribution is 2.31. The third-order valence-corrected chi connectivity index (χ3v) is 8.62. The van der Waals surface area contributed by atoms with Crippen LogP contribution in [-0.2, 0) is 14.8 Å². The number of piperidine rings is 1. The van der Waals surface area contributed by atoms with E-state index in [-0.39, 0.29) is 35.0 Å². The lowest BCUT2D eigenvalue weighted by Crippen LogP contribution is -2.41. The standard InChI is InChI=1S/C20H24ClN3O5S2/c1-23(2)20(26)14-10-18(30-12-14)31(27,28)24-8-6-13(7-9-24)19(25)22-16-11-15(21)4-5-17(16)29-3/h4-5,10-13H,6-9H2,1-3H3,(H,22,25). The highest BCUT2D eigenvalue weighted by molar-refractivity contribution is 7.91. The second-order valence-electron chi connectivity index (χ2n) is 7.37. The Bertz CT molecular complexity index is 1080. The number of halogens is 1. The number of amides is 2. The normalized spacial score (nSPS) is 15.5. The lowest BCUT2D eigenvalue weighted by Gasteiger charge is -2.30. The van der Waals surface area contributed by atoms with Crippen LogP contribution < -0.4 is 10.1 Å². The number of carbonyl (C=O) groups excluding carboxylic acids is 2. The van der Waals surface area contributed by atoms with Crippen molar-refractivity contribution in [3.05, 3.63) is 40.2 Å². The van der Waals surface area contributed by atoms with Crippen molar-refractivity contribution in [1.29, 1.82) is 0 Å². The Hall–Kier alpha value is -2.14. The summed E-state index contributed by atoms with van der Waals surface area (Å²) in [5.41, 5.74) is 0.824. The largest absolute Gasteiger partial charge is 0.495 e. The van der Waals surface area contributed by atoms with Gasteiger partial charge in [-0.2, -0.15) is 4.31 Å². The van der Waals surface area contributed by atoms with Crippen LogP contribution in [0.25, 0.3) is 0 Å². The summed E-state index contributed by atoms with van der Waals surface area (Å²) in [5, 5.41) is 4.85. The lowest BCUT2D eigenvalue weighted by atomic mass is 9.97. The summed E-state index contributed by atoms with van der Waals surface area (Å²) in [6.45, 7) is 0.448. The van der Waals surface area contributed by atoms with Gasteiger partial charge in [0, 0.05) is 43.5 Å². The minimum atomic E-state index is -3.71. The molecule has 3 rings (SSSR count). The molecule has 1 saturated heterocycles. The highest BCUT2D eigenvalue weighted by atomic mass is 35.5. The Balaban J connectivity index is 1.64. The summed E-state index contributed by atoms with van der Waals surface area (Å²) in [7, 11) is 1.02. The van der Waals surface area contributed by atoms with E-state index in [0.29, 0.717) is 34.9 Å². The first-order chi connectivity index (χ1) is 14.6. The van der Waals surface area contributed by atoms with E-state index >= 15 is 0 Å². The van der Waals surface area contributed by atoms with Crippen molar-refractivity contribution < 1.29 is 22.7 Å². The molecule has 1 aliphatic rings. The molecule has 0 spiro atoms. The van der Waals surface area contributed by atoms with Gasteiger partial charge < -0.3 is 15.0 Å².